The van der Waals surface area contributed by atoms with E-state index in [2.05, 4.69) is 10.6 Å². The lowest BCUT2D eigenvalue weighted by Gasteiger charge is -2.38. The predicted molar refractivity (Wildman–Crippen MR) is 151 cm³/mol. The van der Waals surface area contributed by atoms with E-state index >= 15 is 0 Å². The maximum atomic E-state index is 14.1. The second kappa shape index (κ2) is 13.8. The lowest BCUT2D eigenvalue weighted by Crippen LogP contribution is -2.56. The van der Waals surface area contributed by atoms with Crippen molar-refractivity contribution in [3.63, 3.8) is 0 Å². The van der Waals surface area contributed by atoms with E-state index in [1.807, 2.05) is 76.2 Å². The number of carbonyl (C=O) groups excluding carboxylic acids is 4. The number of alkyl carbamates (subject to hydrolysis) is 1. The minimum atomic E-state index is -1.32. The van der Waals surface area contributed by atoms with Crippen molar-refractivity contribution in [3.05, 3.63) is 70.8 Å². The lowest BCUT2D eigenvalue weighted by atomic mass is 9.94. The Morgan fingerprint density at radius 2 is 1.67 bits per heavy atom. The third-order valence-corrected chi connectivity index (χ3v) is 6.27. The largest absolute Gasteiger partial charge is 0.444 e. The number of carbonyl (C=O) groups is 4. The fourth-order valence-corrected chi connectivity index (χ4v) is 4.26. The van der Waals surface area contributed by atoms with Gasteiger partial charge >= 0.3 is 6.09 Å². The molecule has 2 rings (SSSR count). The van der Waals surface area contributed by atoms with Gasteiger partial charge in [0.05, 0.1) is 6.42 Å². The van der Waals surface area contributed by atoms with E-state index in [9.17, 15) is 19.2 Å². The van der Waals surface area contributed by atoms with Gasteiger partial charge in [-0.1, -0.05) is 61.0 Å². The summed E-state index contributed by atoms with van der Waals surface area (Å²) in [5, 5.41) is 5.47. The molecule has 2 aromatic rings. The molecule has 2 aromatic carbocycles. The second-order valence-electron chi connectivity index (χ2n) is 10.8. The van der Waals surface area contributed by atoms with Gasteiger partial charge < -0.3 is 26.0 Å². The summed E-state index contributed by atoms with van der Waals surface area (Å²) in [4.78, 5) is 54.0. The molecule has 0 radical (unpaired) electrons. The standard InChI is InChI=1S/C30H42N4O5/c1-8-21(4)34(28(37)24(17-25(31)35)33-29(38)39-30(5,6)7)26(23-15-14-19(2)16-20(23)3)27(36)32-18-22-12-10-9-11-13-22/h9-16,21,24,26H,8,17-18H2,1-7H3,(H2,31,35)(H,32,36)(H,33,38). The average molecular weight is 539 g/mol. The fraction of sp³-hybridized carbons (Fsp3) is 0.467. The number of primary amides is 1. The molecular formula is C30H42N4O5. The topological polar surface area (TPSA) is 131 Å². The van der Waals surface area contributed by atoms with Crippen molar-refractivity contribution in [2.24, 2.45) is 5.73 Å². The molecule has 0 spiro atoms. The highest BCUT2D eigenvalue weighted by Gasteiger charge is 2.39. The molecule has 0 aliphatic heterocycles. The summed E-state index contributed by atoms with van der Waals surface area (Å²) in [6, 6.07) is 12.4. The number of amides is 4. The van der Waals surface area contributed by atoms with E-state index in [0.717, 1.165) is 16.7 Å². The quantitative estimate of drug-likeness (QED) is 0.397. The molecule has 0 aromatic heterocycles. The van der Waals surface area contributed by atoms with Crippen LogP contribution in [0.15, 0.2) is 48.5 Å². The SMILES string of the molecule is CCC(C)N(C(=O)C(CC(N)=O)NC(=O)OC(C)(C)C)C(C(=O)NCc1ccccc1)c1ccc(C)cc1C. The monoisotopic (exact) mass is 538 g/mol. The summed E-state index contributed by atoms with van der Waals surface area (Å²) >= 11 is 0. The normalized spacial score (nSPS) is 13.5. The van der Waals surface area contributed by atoms with E-state index in [1.54, 1.807) is 20.8 Å². The predicted octanol–water partition coefficient (Wildman–Crippen LogP) is 4.06. The number of ether oxygens (including phenoxy) is 1. The van der Waals surface area contributed by atoms with Gasteiger partial charge in [-0.2, -0.15) is 0 Å². The molecule has 3 unspecified atom stereocenters. The van der Waals surface area contributed by atoms with Crippen molar-refractivity contribution in [1.29, 1.82) is 0 Å². The van der Waals surface area contributed by atoms with Crippen LogP contribution in [0.4, 0.5) is 4.79 Å². The van der Waals surface area contributed by atoms with Crippen LogP contribution in [0.5, 0.6) is 0 Å². The minimum absolute atomic E-state index is 0.268. The van der Waals surface area contributed by atoms with Gasteiger partial charge in [0.25, 0.3) is 0 Å². The number of hydrogen-bond acceptors (Lipinski definition) is 5. The summed E-state index contributed by atoms with van der Waals surface area (Å²) < 4.78 is 5.33. The van der Waals surface area contributed by atoms with E-state index in [4.69, 9.17) is 10.5 Å². The molecule has 0 saturated heterocycles. The number of rotatable bonds is 11. The van der Waals surface area contributed by atoms with Gasteiger partial charge in [0, 0.05) is 12.6 Å². The Labute approximate surface area is 231 Å². The molecule has 9 nitrogen and oxygen atoms in total. The van der Waals surface area contributed by atoms with Crippen LogP contribution in [0.3, 0.4) is 0 Å². The van der Waals surface area contributed by atoms with Crippen molar-refractivity contribution in [2.75, 3.05) is 0 Å². The van der Waals surface area contributed by atoms with Crippen LogP contribution >= 0.6 is 0 Å². The Morgan fingerprint density at radius 1 is 1.03 bits per heavy atom. The number of nitrogens with zero attached hydrogens (tertiary/aromatic N) is 1. The molecule has 9 heteroatoms. The number of nitrogens with one attached hydrogen (secondary N) is 2. The Morgan fingerprint density at radius 3 is 2.21 bits per heavy atom. The van der Waals surface area contributed by atoms with Crippen molar-refractivity contribution in [1.82, 2.24) is 15.5 Å². The van der Waals surface area contributed by atoms with E-state index < -0.39 is 48.1 Å². The minimum Gasteiger partial charge on any atom is -0.444 e. The first kappa shape index (κ1) is 31.3. The van der Waals surface area contributed by atoms with Crippen LogP contribution < -0.4 is 16.4 Å². The van der Waals surface area contributed by atoms with Crippen LogP contribution in [-0.2, 0) is 25.7 Å². The fourth-order valence-electron chi connectivity index (χ4n) is 4.26. The highest BCUT2D eigenvalue weighted by Crippen LogP contribution is 2.29. The third kappa shape index (κ3) is 9.42. The summed E-state index contributed by atoms with van der Waals surface area (Å²) in [6.45, 7) is 12.9. The van der Waals surface area contributed by atoms with E-state index in [1.165, 1.54) is 4.90 Å². The van der Waals surface area contributed by atoms with Crippen LogP contribution in [-0.4, -0.2) is 46.4 Å². The highest BCUT2D eigenvalue weighted by atomic mass is 16.6. The number of aryl methyl sites for hydroxylation is 2. The molecule has 0 heterocycles. The maximum Gasteiger partial charge on any atom is 0.408 e. The van der Waals surface area contributed by atoms with Gasteiger partial charge in [-0.05, 0) is 64.7 Å². The zero-order valence-electron chi connectivity index (χ0n) is 24.0. The molecule has 0 bridgehead atoms. The first-order valence-corrected chi connectivity index (χ1v) is 13.2. The smallest absolute Gasteiger partial charge is 0.408 e. The Kier molecular flexibility index (Phi) is 11.1. The summed E-state index contributed by atoms with van der Waals surface area (Å²) in [5.41, 5.74) is 8.05. The van der Waals surface area contributed by atoms with Gasteiger partial charge in [0.2, 0.25) is 17.7 Å². The van der Waals surface area contributed by atoms with Gasteiger partial charge in [-0.15, -0.1) is 0 Å². The second-order valence-corrected chi connectivity index (χ2v) is 10.8. The Balaban J connectivity index is 2.55. The van der Waals surface area contributed by atoms with Gasteiger partial charge in [0.1, 0.15) is 17.7 Å². The zero-order valence-corrected chi connectivity index (χ0v) is 24.0. The molecule has 3 atom stereocenters. The molecule has 4 N–H and O–H groups in total. The summed E-state index contributed by atoms with van der Waals surface area (Å²) in [6.07, 6.45) is -0.784. The molecular weight excluding hydrogens is 496 g/mol. The van der Waals surface area contributed by atoms with E-state index in [0.29, 0.717) is 12.0 Å². The third-order valence-electron chi connectivity index (χ3n) is 6.27. The molecule has 0 saturated carbocycles. The molecule has 4 amide bonds. The van der Waals surface area contributed by atoms with Gasteiger partial charge in [-0.25, -0.2) is 4.79 Å². The highest BCUT2D eigenvalue weighted by molar-refractivity contribution is 5.94. The molecule has 0 aliphatic carbocycles. The van der Waals surface area contributed by atoms with Gasteiger partial charge in [0.15, 0.2) is 0 Å². The zero-order chi connectivity index (χ0) is 29.3. The first-order valence-electron chi connectivity index (χ1n) is 13.2. The van der Waals surface area contributed by atoms with Crippen molar-refractivity contribution < 1.29 is 23.9 Å². The Hall–Kier alpha value is -3.88. The molecule has 0 aliphatic rings. The number of hydrogen-bond donors (Lipinski definition) is 3. The van der Waals surface area contributed by atoms with Crippen molar-refractivity contribution in [2.45, 2.75) is 91.6 Å². The lowest BCUT2D eigenvalue weighted by molar-refractivity contribution is -0.146. The summed E-state index contributed by atoms with van der Waals surface area (Å²) in [5.74, 6) is -1.76. The maximum absolute atomic E-state index is 14.1. The average Bonchev–Trinajstić information content (AvgIpc) is 2.84. The first-order chi connectivity index (χ1) is 18.2. The molecule has 212 valence electrons. The van der Waals surface area contributed by atoms with Crippen LogP contribution in [0.2, 0.25) is 0 Å². The van der Waals surface area contributed by atoms with Crippen molar-refractivity contribution in [3.8, 4) is 0 Å². The van der Waals surface area contributed by atoms with Gasteiger partial charge in [-0.3, -0.25) is 14.4 Å². The van der Waals surface area contributed by atoms with E-state index in [-0.39, 0.29) is 12.5 Å². The Bertz CT molecular complexity index is 1160. The van der Waals surface area contributed by atoms with Crippen molar-refractivity contribution >= 4 is 23.8 Å². The molecule has 0 fully saturated rings. The van der Waals surface area contributed by atoms with Crippen LogP contribution in [0.1, 0.15) is 75.8 Å². The van der Waals surface area contributed by atoms with Crippen LogP contribution in [0.25, 0.3) is 0 Å². The number of nitrogens with two attached hydrogens (primary N) is 1. The van der Waals surface area contributed by atoms with Crippen LogP contribution in [0, 0.1) is 13.8 Å². The number of benzene rings is 2. The molecule has 39 heavy (non-hydrogen) atoms. The summed E-state index contributed by atoms with van der Waals surface area (Å²) in [7, 11) is 0.